The molecule has 6 aromatic rings. The summed E-state index contributed by atoms with van der Waals surface area (Å²) >= 11 is 3.56. The van der Waals surface area contributed by atoms with Crippen molar-refractivity contribution in [3.05, 3.63) is 92.8 Å². The number of aromatic nitrogens is 5. The molecule has 9 rings (SSSR count). The molecule has 16 nitrogen and oxygen atoms in total. The summed E-state index contributed by atoms with van der Waals surface area (Å²) in [4.78, 5) is 59.4. The van der Waals surface area contributed by atoms with Gasteiger partial charge in [0.05, 0.1) is 45.7 Å². The number of methoxy groups -OCH3 is 1. The summed E-state index contributed by atoms with van der Waals surface area (Å²) in [5, 5.41) is 10.0. The van der Waals surface area contributed by atoms with Crippen molar-refractivity contribution in [2.75, 3.05) is 81.8 Å². The van der Waals surface area contributed by atoms with Crippen LogP contribution >= 0.6 is 23.1 Å². The molecule has 3 aliphatic rings. The summed E-state index contributed by atoms with van der Waals surface area (Å²) in [5.41, 5.74) is 6.48. The molecule has 1 atom stereocenters. The SMILES string of the molecule is CCc1cc(Nc2ncc(Br)c(Nc3cnc4ccc(F)cc4c3P(C)(C)=O)n2)c(OC)cc1N1CCC(N2CCN(CCc3cccc4c3n(C)c(=O)n4C3CCC(=O)NC3=O)CC2)CC1. The quantitative estimate of drug-likeness (QED) is 0.0827. The van der Waals surface area contributed by atoms with Gasteiger partial charge < -0.3 is 29.7 Å². The first kappa shape index (κ1) is 46.4. The number of imide groups is 1. The molecule has 0 saturated carbocycles. The number of fused-ring (bicyclic) bond motifs is 2. The number of hydrogen-bond donors (Lipinski definition) is 3. The Morgan fingerprint density at radius 2 is 1.70 bits per heavy atom. The second kappa shape index (κ2) is 19.1. The second-order valence-electron chi connectivity index (χ2n) is 18.0. The number of imidazole rings is 1. The summed E-state index contributed by atoms with van der Waals surface area (Å²) in [6, 6.07) is 14.2. The zero-order chi connectivity index (χ0) is 47.1. The minimum absolute atomic E-state index is 0.213. The molecule has 3 fully saturated rings. The molecular formula is C48H56BrFN11O5P. The number of carbonyl (C=O) groups is 2. The summed E-state index contributed by atoms with van der Waals surface area (Å²) in [6.45, 7) is 12.1. The number of benzene rings is 3. The lowest BCUT2D eigenvalue weighted by Gasteiger charge is -2.43. The van der Waals surface area contributed by atoms with Crippen molar-refractivity contribution in [2.45, 2.75) is 57.5 Å². The highest BCUT2D eigenvalue weighted by atomic mass is 79.9. The Kier molecular flexibility index (Phi) is 13.3. The molecule has 3 aromatic carbocycles. The van der Waals surface area contributed by atoms with Gasteiger partial charge in [-0.05, 0) is 103 Å². The van der Waals surface area contributed by atoms with Crippen molar-refractivity contribution in [3.63, 3.8) is 0 Å². The predicted octanol–water partition coefficient (Wildman–Crippen LogP) is 6.69. The molecule has 3 N–H and O–H groups in total. The van der Waals surface area contributed by atoms with Crippen LogP contribution in [0.2, 0.25) is 0 Å². The molecule has 0 radical (unpaired) electrons. The van der Waals surface area contributed by atoms with Gasteiger partial charge in [-0.1, -0.05) is 19.1 Å². The van der Waals surface area contributed by atoms with Gasteiger partial charge in [-0.3, -0.25) is 33.9 Å². The van der Waals surface area contributed by atoms with Crippen LogP contribution in [0, 0.1) is 5.82 Å². The average Bonchev–Trinajstić information content (AvgIpc) is 3.57. The number of aryl methyl sites for hydroxylation is 2. The first-order valence-electron chi connectivity index (χ1n) is 22.9. The fourth-order valence-corrected chi connectivity index (χ4v) is 11.8. The standard InChI is InChI=1S/C48H56BrFN11O5P/c1-6-29-24-36(54-47-52-27-34(49)45(56-47)53-37-28-51-35-11-10-31(50)25-33(35)44(37)67(4,5)65)41(66-3)26-40(29)60-18-15-32(16-19-60)59-22-20-58(21-23-59)17-14-30-8-7-9-38-43(30)57(2)48(64)61(38)39-12-13-42(62)55-46(39)63/h7-11,24-28,32,39H,6,12-23H2,1-5H3,(H,55,62,63)(H2,52,53,54,56). The molecule has 0 bridgehead atoms. The Hall–Kier alpha value is -5.68. The van der Waals surface area contributed by atoms with Gasteiger partial charge in [0, 0.05) is 94.0 Å². The van der Waals surface area contributed by atoms with Crippen LogP contribution in [0.5, 0.6) is 5.75 Å². The molecule has 0 aliphatic carbocycles. The first-order valence-corrected chi connectivity index (χ1v) is 26.2. The van der Waals surface area contributed by atoms with Gasteiger partial charge in [0.25, 0.3) is 0 Å². The molecular weight excluding hydrogens is 940 g/mol. The van der Waals surface area contributed by atoms with E-state index in [-0.39, 0.29) is 18.0 Å². The first-order chi connectivity index (χ1) is 32.2. The maximum absolute atomic E-state index is 14.4. The molecule has 67 heavy (non-hydrogen) atoms. The van der Waals surface area contributed by atoms with Crippen molar-refractivity contribution >= 4 is 91.0 Å². The Morgan fingerprint density at radius 3 is 2.42 bits per heavy atom. The van der Waals surface area contributed by atoms with Gasteiger partial charge in [0.15, 0.2) is 0 Å². The molecule has 0 spiro atoms. The van der Waals surface area contributed by atoms with E-state index in [0.29, 0.717) is 56.3 Å². The van der Waals surface area contributed by atoms with Crippen LogP contribution in [0.25, 0.3) is 21.9 Å². The van der Waals surface area contributed by atoms with E-state index in [1.807, 2.05) is 12.1 Å². The topological polar surface area (TPSA) is 172 Å². The van der Waals surface area contributed by atoms with Gasteiger partial charge in [-0.15, -0.1) is 0 Å². The van der Waals surface area contributed by atoms with E-state index in [9.17, 15) is 23.3 Å². The number of piperazine rings is 1. The Balaban J connectivity index is 0.820. The number of halogens is 2. The van der Waals surface area contributed by atoms with E-state index in [0.717, 1.165) is 99.5 Å². The number of piperidine rings is 2. The fraction of sp³-hybridized carbons (Fsp3) is 0.417. The summed E-state index contributed by atoms with van der Waals surface area (Å²) in [5.74, 6) is 0.251. The number of para-hydroxylation sites is 1. The molecule has 3 saturated heterocycles. The number of rotatable bonds is 13. The number of carbonyl (C=O) groups excluding carboxylic acids is 2. The number of anilines is 5. The predicted molar refractivity (Wildman–Crippen MR) is 265 cm³/mol. The molecule has 3 aromatic heterocycles. The van der Waals surface area contributed by atoms with Crippen LogP contribution < -0.4 is 36.6 Å². The van der Waals surface area contributed by atoms with Crippen LogP contribution in [0.4, 0.5) is 33.2 Å². The Labute approximate surface area is 396 Å². The molecule has 1 unspecified atom stereocenters. The van der Waals surface area contributed by atoms with Crippen LogP contribution in [0.3, 0.4) is 0 Å². The maximum Gasteiger partial charge on any atom is 0.329 e. The van der Waals surface area contributed by atoms with E-state index in [1.165, 1.54) is 17.7 Å². The number of ether oxygens (including phenoxy) is 1. The summed E-state index contributed by atoms with van der Waals surface area (Å²) in [7, 11) is 0.514. The highest BCUT2D eigenvalue weighted by Crippen LogP contribution is 2.42. The van der Waals surface area contributed by atoms with Crippen molar-refractivity contribution in [2.24, 2.45) is 7.05 Å². The third-order valence-corrected chi connectivity index (χ3v) is 15.6. The van der Waals surface area contributed by atoms with Crippen LogP contribution in [0.1, 0.15) is 49.8 Å². The van der Waals surface area contributed by atoms with E-state index in [1.54, 1.807) is 55.1 Å². The van der Waals surface area contributed by atoms with E-state index >= 15 is 0 Å². The van der Waals surface area contributed by atoms with Crippen molar-refractivity contribution in [3.8, 4) is 5.75 Å². The van der Waals surface area contributed by atoms with Gasteiger partial charge in [0.2, 0.25) is 17.8 Å². The second-order valence-corrected chi connectivity index (χ2v) is 22.0. The third-order valence-electron chi connectivity index (χ3n) is 13.5. The molecule has 19 heteroatoms. The van der Waals surface area contributed by atoms with E-state index < -0.39 is 24.9 Å². The molecule has 352 valence electrons. The van der Waals surface area contributed by atoms with E-state index in [2.05, 4.69) is 81.7 Å². The zero-order valence-corrected chi connectivity index (χ0v) is 40.9. The lowest BCUT2D eigenvalue weighted by atomic mass is 9.99. The van der Waals surface area contributed by atoms with Crippen LogP contribution in [-0.4, -0.2) is 118 Å². The average molecular weight is 997 g/mol. The maximum atomic E-state index is 14.4. The van der Waals surface area contributed by atoms with Crippen molar-refractivity contribution in [1.29, 1.82) is 0 Å². The number of pyridine rings is 1. The Morgan fingerprint density at radius 1 is 0.925 bits per heavy atom. The van der Waals surface area contributed by atoms with Gasteiger partial charge >= 0.3 is 5.69 Å². The fourth-order valence-electron chi connectivity index (χ4n) is 10.1. The largest absolute Gasteiger partial charge is 0.494 e. The molecule has 6 heterocycles. The van der Waals surface area contributed by atoms with E-state index in [4.69, 9.17) is 9.72 Å². The zero-order valence-electron chi connectivity index (χ0n) is 38.4. The molecule has 3 aliphatic heterocycles. The van der Waals surface area contributed by atoms with Gasteiger partial charge in [0.1, 0.15) is 30.6 Å². The Bertz CT molecular complexity index is 3000. The van der Waals surface area contributed by atoms with Gasteiger partial charge in [-0.25, -0.2) is 14.2 Å². The number of hydrogen-bond acceptors (Lipinski definition) is 13. The highest BCUT2D eigenvalue weighted by Gasteiger charge is 2.33. The van der Waals surface area contributed by atoms with Crippen LogP contribution in [-0.2, 0) is 34.0 Å². The number of nitrogens with one attached hydrogen (secondary N) is 3. The van der Waals surface area contributed by atoms with Crippen molar-refractivity contribution in [1.82, 2.24) is 39.2 Å². The van der Waals surface area contributed by atoms with Crippen molar-refractivity contribution < 1.29 is 23.3 Å². The summed E-state index contributed by atoms with van der Waals surface area (Å²) in [6.07, 6.45) is 7.47. The lowest BCUT2D eigenvalue weighted by Crippen LogP contribution is -2.53. The lowest BCUT2D eigenvalue weighted by molar-refractivity contribution is -0.135. The monoisotopic (exact) mass is 995 g/mol. The molecule has 2 amide bonds. The normalized spacial score (nSPS) is 17.9. The third kappa shape index (κ3) is 9.45. The minimum Gasteiger partial charge on any atom is -0.494 e. The number of nitrogens with zero attached hydrogens (tertiary/aromatic N) is 8. The number of amides is 2. The minimum atomic E-state index is -2.90. The highest BCUT2D eigenvalue weighted by molar-refractivity contribution is 9.10. The van der Waals surface area contributed by atoms with Crippen LogP contribution in [0.15, 0.2) is 70.2 Å². The van der Waals surface area contributed by atoms with Gasteiger partial charge in [-0.2, -0.15) is 4.98 Å². The smallest absolute Gasteiger partial charge is 0.329 e. The summed E-state index contributed by atoms with van der Waals surface area (Å²) < 4.78 is 37.7.